The molecular formula is C23H21ClN2O2S. The van der Waals surface area contributed by atoms with E-state index < -0.39 is 0 Å². The Morgan fingerprint density at radius 3 is 2.52 bits per heavy atom. The highest BCUT2D eigenvalue weighted by molar-refractivity contribution is 7.10. The van der Waals surface area contributed by atoms with Gasteiger partial charge in [0.25, 0.3) is 11.8 Å². The summed E-state index contributed by atoms with van der Waals surface area (Å²) < 4.78 is 0. The molecule has 148 valence electrons. The van der Waals surface area contributed by atoms with Gasteiger partial charge in [0.1, 0.15) is 5.70 Å². The standard InChI is InChI=1S/C23H21ClN2O2S/c1-15-9-10-17(12-16(15)2)22(27)26-21(13-19-7-5-11-29-19)23(28)25-14-18-6-3-4-8-20(18)24/h3-13H,14H2,1-2H3,(H,25,28)(H,26,27)/b21-13+. The topological polar surface area (TPSA) is 58.2 Å². The minimum absolute atomic E-state index is 0.183. The average Bonchev–Trinajstić information content (AvgIpc) is 3.21. The lowest BCUT2D eigenvalue weighted by molar-refractivity contribution is -0.117. The highest BCUT2D eigenvalue weighted by Gasteiger charge is 2.15. The van der Waals surface area contributed by atoms with Gasteiger partial charge in [-0.05, 0) is 66.3 Å². The number of hydrogen-bond donors (Lipinski definition) is 2. The van der Waals surface area contributed by atoms with Crippen LogP contribution in [-0.4, -0.2) is 11.8 Å². The van der Waals surface area contributed by atoms with Crippen LogP contribution < -0.4 is 10.6 Å². The predicted molar refractivity (Wildman–Crippen MR) is 119 cm³/mol. The summed E-state index contributed by atoms with van der Waals surface area (Å²) in [5.41, 5.74) is 3.61. The molecule has 2 aromatic carbocycles. The van der Waals surface area contributed by atoms with E-state index in [0.717, 1.165) is 21.6 Å². The normalized spacial score (nSPS) is 11.2. The SMILES string of the molecule is Cc1ccc(C(=O)N/C(=C/c2cccs2)C(=O)NCc2ccccc2Cl)cc1C. The minimum atomic E-state index is -0.379. The molecule has 0 fully saturated rings. The number of amides is 2. The first kappa shape index (κ1) is 20.8. The quantitative estimate of drug-likeness (QED) is 0.540. The van der Waals surface area contributed by atoms with E-state index in [9.17, 15) is 9.59 Å². The molecular weight excluding hydrogens is 404 g/mol. The maximum Gasteiger partial charge on any atom is 0.268 e. The maximum atomic E-state index is 12.8. The van der Waals surface area contributed by atoms with Crippen LogP contribution in [0.15, 0.2) is 65.7 Å². The first-order chi connectivity index (χ1) is 13.9. The molecule has 4 nitrogen and oxygen atoms in total. The first-order valence-corrected chi connectivity index (χ1v) is 10.3. The molecule has 6 heteroatoms. The molecule has 0 bridgehead atoms. The van der Waals surface area contributed by atoms with Crippen LogP contribution in [0.1, 0.15) is 31.9 Å². The molecule has 29 heavy (non-hydrogen) atoms. The van der Waals surface area contributed by atoms with E-state index in [-0.39, 0.29) is 24.1 Å². The summed E-state index contributed by atoms with van der Waals surface area (Å²) in [6.07, 6.45) is 1.67. The number of nitrogens with one attached hydrogen (secondary N) is 2. The van der Waals surface area contributed by atoms with Crippen LogP contribution in [0.25, 0.3) is 6.08 Å². The lowest BCUT2D eigenvalue weighted by atomic mass is 10.1. The summed E-state index contributed by atoms with van der Waals surface area (Å²) in [6.45, 7) is 4.20. The second-order valence-corrected chi connectivity index (χ2v) is 7.99. The second-order valence-electron chi connectivity index (χ2n) is 6.60. The van der Waals surface area contributed by atoms with Gasteiger partial charge in [-0.1, -0.05) is 41.9 Å². The molecule has 0 spiro atoms. The van der Waals surface area contributed by atoms with Gasteiger partial charge in [-0.2, -0.15) is 0 Å². The van der Waals surface area contributed by atoms with Crippen LogP contribution in [0, 0.1) is 13.8 Å². The molecule has 0 aliphatic carbocycles. The monoisotopic (exact) mass is 424 g/mol. The Balaban J connectivity index is 1.79. The Labute approximate surface area is 179 Å². The van der Waals surface area contributed by atoms with Gasteiger partial charge in [0.15, 0.2) is 0 Å². The zero-order valence-corrected chi connectivity index (χ0v) is 17.7. The number of benzene rings is 2. The van der Waals surface area contributed by atoms with Crippen LogP contribution in [0.3, 0.4) is 0 Å². The van der Waals surface area contributed by atoms with Crippen LogP contribution in [0.5, 0.6) is 0 Å². The molecule has 1 heterocycles. The Morgan fingerprint density at radius 2 is 1.83 bits per heavy atom. The number of thiophene rings is 1. The number of hydrogen-bond acceptors (Lipinski definition) is 3. The van der Waals surface area contributed by atoms with Crippen molar-refractivity contribution in [1.29, 1.82) is 0 Å². The molecule has 0 atom stereocenters. The Hall–Kier alpha value is -2.89. The molecule has 1 aromatic heterocycles. The molecule has 2 amide bonds. The predicted octanol–water partition coefficient (Wildman–Crippen LogP) is 5.11. The molecule has 0 aliphatic rings. The number of aryl methyl sites for hydroxylation is 2. The Morgan fingerprint density at radius 1 is 1.03 bits per heavy atom. The summed E-state index contributed by atoms with van der Waals surface area (Å²) in [7, 11) is 0. The zero-order valence-electron chi connectivity index (χ0n) is 16.2. The first-order valence-electron chi connectivity index (χ1n) is 9.09. The highest BCUT2D eigenvalue weighted by atomic mass is 35.5. The fourth-order valence-electron chi connectivity index (χ4n) is 2.66. The summed E-state index contributed by atoms with van der Waals surface area (Å²) >= 11 is 7.64. The van der Waals surface area contributed by atoms with Crippen LogP contribution in [-0.2, 0) is 11.3 Å². The molecule has 0 saturated carbocycles. The van der Waals surface area contributed by atoms with Gasteiger partial charge in [-0.15, -0.1) is 11.3 Å². The van der Waals surface area contributed by atoms with Gasteiger partial charge in [0.2, 0.25) is 0 Å². The van der Waals surface area contributed by atoms with Crippen molar-refractivity contribution in [2.75, 3.05) is 0 Å². The van der Waals surface area contributed by atoms with Crippen molar-refractivity contribution >= 4 is 40.8 Å². The van der Waals surface area contributed by atoms with Crippen molar-refractivity contribution in [3.8, 4) is 0 Å². The second kappa shape index (κ2) is 9.54. The Bertz CT molecular complexity index is 1060. The van der Waals surface area contributed by atoms with Gasteiger partial charge in [-0.25, -0.2) is 0 Å². The molecule has 0 aliphatic heterocycles. The van der Waals surface area contributed by atoms with E-state index in [1.165, 1.54) is 11.3 Å². The number of rotatable bonds is 6. The third kappa shape index (κ3) is 5.56. The molecule has 0 radical (unpaired) electrons. The van der Waals surface area contributed by atoms with Gasteiger partial charge in [-0.3, -0.25) is 9.59 Å². The van der Waals surface area contributed by atoms with E-state index in [1.54, 1.807) is 18.2 Å². The van der Waals surface area contributed by atoms with E-state index in [1.807, 2.05) is 61.7 Å². The minimum Gasteiger partial charge on any atom is -0.347 e. The van der Waals surface area contributed by atoms with E-state index in [0.29, 0.717) is 10.6 Å². The smallest absolute Gasteiger partial charge is 0.268 e. The van der Waals surface area contributed by atoms with Crippen LogP contribution in [0.2, 0.25) is 5.02 Å². The summed E-state index contributed by atoms with van der Waals surface area (Å²) in [6, 6.07) is 16.5. The van der Waals surface area contributed by atoms with Crippen LogP contribution in [0.4, 0.5) is 0 Å². The molecule has 0 unspecified atom stereocenters. The fraction of sp³-hybridized carbons (Fsp3) is 0.130. The number of halogens is 1. The molecule has 3 rings (SSSR count). The fourth-order valence-corrected chi connectivity index (χ4v) is 3.52. The van der Waals surface area contributed by atoms with Gasteiger partial charge < -0.3 is 10.6 Å². The van der Waals surface area contributed by atoms with E-state index >= 15 is 0 Å². The summed E-state index contributed by atoms with van der Waals surface area (Å²) in [5.74, 6) is -0.709. The van der Waals surface area contributed by atoms with E-state index in [4.69, 9.17) is 11.6 Å². The van der Waals surface area contributed by atoms with Crippen molar-refractivity contribution < 1.29 is 9.59 Å². The van der Waals surface area contributed by atoms with Crippen molar-refractivity contribution in [1.82, 2.24) is 10.6 Å². The van der Waals surface area contributed by atoms with Gasteiger partial charge in [0.05, 0.1) is 0 Å². The summed E-state index contributed by atoms with van der Waals surface area (Å²) in [4.78, 5) is 26.4. The third-order valence-corrected chi connectivity index (χ3v) is 5.68. The maximum absolute atomic E-state index is 12.8. The van der Waals surface area contributed by atoms with Crippen molar-refractivity contribution in [3.05, 3.63) is 97.8 Å². The molecule has 0 saturated heterocycles. The largest absolute Gasteiger partial charge is 0.347 e. The third-order valence-electron chi connectivity index (χ3n) is 4.49. The van der Waals surface area contributed by atoms with E-state index in [2.05, 4.69) is 10.6 Å². The summed E-state index contributed by atoms with van der Waals surface area (Å²) in [5, 5.41) is 8.07. The van der Waals surface area contributed by atoms with Gasteiger partial charge >= 0.3 is 0 Å². The Kier molecular flexibility index (Phi) is 6.86. The van der Waals surface area contributed by atoms with Crippen molar-refractivity contribution in [2.45, 2.75) is 20.4 Å². The number of carbonyl (C=O) groups is 2. The number of carbonyl (C=O) groups excluding carboxylic acids is 2. The molecule has 3 aromatic rings. The molecule has 2 N–H and O–H groups in total. The van der Waals surface area contributed by atoms with Crippen molar-refractivity contribution in [3.63, 3.8) is 0 Å². The average molecular weight is 425 g/mol. The lowest BCUT2D eigenvalue weighted by Crippen LogP contribution is -2.34. The van der Waals surface area contributed by atoms with Gasteiger partial charge in [0, 0.05) is 22.0 Å². The van der Waals surface area contributed by atoms with Crippen molar-refractivity contribution in [2.24, 2.45) is 0 Å². The van der Waals surface area contributed by atoms with Crippen LogP contribution >= 0.6 is 22.9 Å². The zero-order chi connectivity index (χ0) is 20.8. The lowest BCUT2D eigenvalue weighted by Gasteiger charge is -2.12. The highest BCUT2D eigenvalue weighted by Crippen LogP contribution is 2.16.